The van der Waals surface area contributed by atoms with Crippen LogP contribution in [0, 0.1) is 0 Å². The number of rotatable bonds is 5. The first-order chi connectivity index (χ1) is 7.27. The number of halogens is 1. The van der Waals surface area contributed by atoms with Gasteiger partial charge in [-0.3, -0.25) is 4.79 Å². The predicted octanol–water partition coefficient (Wildman–Crippen LogP) is 3.19. The zero-order valence-corrected chi connectivity index (χ0v) is 9.44. The number of carbonyl (C=O) groups excluding carboxylic acids is 1. The fraction of sp³-hybridized carbons (Fsp3) is 0.364. The van der Waals surface area contributed by atoms with Crippen LogP contribution >= 0.6 is 12.1 Å². The molecule has 2 nitrogen and oxygen atoms in total. The van der Waals surface area contributed by atoms with E-state index in [0.717, 1.165) is 12.8 Å². The number of nitrogens with one attached hydrogen (secondary N) is 1. The maximum absolute atomic E-state index is 12.1. The molecule has 0 saturated carbocycles. The van der Waals surface area contributed by atoms with Gasteiger partial charge in [-0.05, 0) is 30.7 Å². The maximum Gasteiger partial charge on any atom is 0.251 e. The van der Waals surface area contributed by atoms with Crippen LogP contribution in [0.2, 0.25) is 0 Å². The largest absolute Gasteiger partial charge is 0.352 e. The average molecular weight is 227 g/mol. The van der Waals surface area contributed by atoms with E-state index < -0.39 is 0 Å². The molecule has 0 unspecified atom stereocenters. The molecule has 0 bridgehead atoms. The molecule has 0 heterocycles. The lowest BCUT2D eigenvalue weighted by Crippen LogP contribution is -2.24. The van der Waals surface area contributed by atoms with Crippen LogP contribution in [0.15, 0.2) is 29.2 Å². The molecule has 15 heavy (non-hydrogen) atoms. The van der Waals surface area contributed by atoms with E-state index in [0.29, 0.717) is 17.0 Å². The lowest BCUT2D eigenvalue weighted by molar-refractivity contribution is 0.0953. The van der Waals surface area contributed by atoms with Gasteiger partial charge >= 0.3 is 0 Å². The smallest absolute Gasteiger partial charge is 0.251 e. The van der Waals surface area contributed by atoms with Gasteiger partial charge in [0, 0.05) is 17.0 Å². The quantitative estimate of drug-likeness (QED) is 0.783. The van der Waals surface area contributed by atoms with Gasteiger partial charge in [0.2, 0.25) is 0 Å². The van der Waals surface area contributed by atoms with Crippen LogP contribution in [-0.4, -0.2) is 12.5 Å². The molecule has 1 amide bonds. The van der Waals surface area contributed by atoms with Crippen molar-refractivity contribution in [2.45, 2.75) is 24.7 Å². The van der Waals surface area contributed by atoms with Crippen LogP contribution in [-0.2, 0) is 0 Å². The first kappa shape index (κ1) is 12.0. The molecule has 1 aromatic rings. The molecule has 1 rings (SSSR count). The van der Waals surface area contributed by atoms with Crippen molar-refractivity contribution in [2.24, 2.45) is 0 Å². The molecule has 1 aromatic carbocycles. The Bertz CT molecular complexity index is 313. The maximum atomic E-state index is 12.1. The van der Waals surface area contributed by atoms with E-state index in [2.05, 4.69) is 12.2 Å². The second kappa shape index (κ2) is 6.45. The van der Waals surface area contributed by atoms with E-state index in [9.17, 15) is 8.68 Å². The summed E-state index contributed by atoms with van der Waals surface area (Å²) in [7, 11) is 0. The Balaban J connectivity index is 2.50. The molecule has 0 atom stereocenters. The van der Waals surface area contributed by atoms with Gasteiger partial charge in [0.1, 0.15) is 0 Å². The Morgan fingerprint density at radius 1 is 1.40 bits per heavy atom. The fourth-order valence-electron chi connectivity index (χ4n) is 1.14. The van der Waals surface area contributed by atoms with E-state index >= 15 is 0 Å². The van der Waals surface area contributed by atoms with Gasteiger partial charge in [0.05, 0.1) is 12.1 Å². The van der Waals surface area contributed by atoms with Gasteiger partial charge in [-0.2, -0.15) is 3.89 Å². The Labute approximate surface area is 93.6 Å². The Hall–Kier alpha value is -1.03. The van der Waals surface area contributed by atoms with Crippen molar-refractivity contribution in [3.63, 3.8) is 0 Å². The highest BCUT2D eigenvalue weighted by Gasteiger charge is 2.04. The summed E-state index contributed by atoms with van der Waals surface area (Å²) in [6, 6.07) is 6.45. The van der Waals surface area contributed by atoms with Gasteiger partial charge < -0.3 is 5.32 Å². The van der Waals surface area contributed by atoms with E-state index in [1.807, 2.05) is 0 Å². The monoisotopic (exact) mass is 227 g/mol. The molecule has 4 heteroatoms. The van der Waals surface area contributed by atoms with Crippen LogP contribution in [0.3, 0.4) is 0 Å². The highest BCUT2D eigenvalue weighted by Crippen LogP contribution is 2.18. The van der Waals surface area contributed by atoms with Gasteiger partial charge in [-0.1, -0.05) is 13.3 Å². The van der Waals surface area contributed by atoms with Crippen LogP contribution in [0.25, 0.3) is 0 Å². The second-order valence-corrected chi connectivity index (χ2v) is 3.84. The van der Waals surface area contributed by atoms with Crippen molar-refractivity contribution in [3.05, 3.63) is 29.8 Å². The van der Waals surface area contributed by atoms with Crippen molar-refractivity contribution in [1.29, 1.82) is 0 Å². The van der Waals surface area contributed by atoms with Crippen LogP contribution in [0.4, 0.5) is 3.89 Å². The molecule has 0 aliphatic rings. The summed E-state index contributed by atoms with van der Waals surface area (Å²) in [5, 5.41) is 2.80. The summed E-state index contributed by atoms with van der Waals surface area (Å²) in [5.74, 6) is -0.0983. The Kier molecular flexibility index (Phi) is 5.18. The van der Waals surface area contributed by atoms with E-state index in [1.165, 1.54) is 0 Å². The fourth-order valence-corrected chi connectivity index (χ4v) is 1.38. The highest BCUT2D eigenvalue weighted by atomic mass is 32.2. The third-order valence-electron chi connectivity index (χ3n) is 2.02. The third kappa shape index (κ3) is 3.91. The summed E-state index contributed by atoms with van der Waals surface area (Å²) in [4.78, 5) is 12.0. The summed E-state index contributed by atoms with van der Waals surface area (Å²) in [6.07, 6.45) is 2.03. The standard InChI is InChI=1S/C11H14FNOS/c1-2-3-8-13-11(14)9-4-6-10(15-12)7-5-9/h4-7H,2-3,8H2,1H3,(H,13,14). The molecule has 0 aromatic heterocycles. The average Bonchev–Trinajstić information content (AvgIpc) is 2.29. The lowest BCUT2D eigenvalue weighted by Gasteiger charge is -2.04. The zero-order valence-electron chi connectivity index (χ0n) is 8.63. The molecule has 82 valence electrons. The van der Waals surface area contributed by atoms with Crippen molar-refractivity contribution in [3.8, 4) is 0 Å². The second-order valence-electron chi connectivity index (χ2n) is 3.21. The van der Waals surface area contributed by atoms with Gasteiger partial charge in [0.15, 0.2) is 0 Å². The topological polar surface area (TPSA) is 29.1 Å². The van der Waals surface area contributed by atoms with Crippen molar-refractivity contribution in [2.75, 3.05) is 6.54 Å². The molecule has 0 aliphatic heterocycles. The molecule has 1 N–H and O–H groups in total. The highest BCUT2D eigenvalue weighted by molar-refractivity contribution is 7.94. The number of hydrogen-bond acceptors (Lipinski definition) is 2. The van der Waals surface area contributed by atoms with Crippen molar-refractivity contribution >= 4 is 18.1 Å². The third-order valence-corrected chi connectivity index (χ3v) is 2.47. The van der Waals surface area contributed by atoms with Gasteiger partial charge in [-0.15, -0.1) is 0 Å². The minimum atomic E-state index is -0.0983. The van der Waals surface area contributed by atoms with E-state index in [-0.39, 0.29) is 18.1 Å². The SMILES string of the molecule is CCCCNC(=O)c1ccc(SF)cc1. The first-order valence-corrected chi connectivity index (χ1v) is 5.66. The predicted molar refractivity (Wildman–Crippen MR) is 60.6 cm³/mol. The number of carbonyl (C=O) groups is 1. The molecule has 0 spiro atoms. The van der Waals surface area contributed by atoms with Gasteiger partial charge in [0.25, 0.3) is 5.91 Å². The molecular formula is C11H14FNOS. The number of unbranched alkanes of at least 4 members (excludes halogenated alkanes) is 1. The number of amides is 1. The Morgan fingerprint density at radius 3 is 2.60 bits per heavy atom. The normalized spacial score (nSPS) is 10.0. The number of benzene rings is 1. The lowest BCUT2D eigenvalue weighted by atomic mass is 10.2. The summed E-state index contributed by atoms with van der Waals surface area (Å²) in [5.41, 5.74) is 0.573. The van der Waals surface area contributed by atoms with Crippen LogP contribution in [0.1, 0.15) is 30.1 Å². The molecule has 0 aliphatic carbocycles. The number of hydrogen-bond donors (Lipinski definition) is 1. The van der Waals surface area contributed by atoms with Crippen molar-refractivity contribution in [1.82, 2.24) is 5.32 Å². The molecular weight excluding hydrogens is 213 g/mol. The van der Waals surface area contributed by atoms with Crippen molar-refractivity contribution < 1.29 is 8.68 Å². The van der Waals surface area contributed by atoms with E-state index in [4.69, 9.17) is 0 Å². The van der Waals surface area contributed by atoms with E-state index in [1.54, 1.807) is 24.3 Å². The minimum Gasteiger partial charge on any atom is -0.352 e. The summed E-state index contributed by atoms with van der Waals surface area (Å²) < 4.78 is 12.1. The molecule has 0 fully saturated rings. The Morgan fingerprint density at radius 2 is 2.07 bits per heavy atom. The zero-order chi connectivity index (χ0) is 11.1. The van der Waals surface area contributed by atoms with Gasteiger partial charge in [-0.25, -0.2) is 0 Å². The molecule has 0 saturated heterocycles. The first-order valence-electron chi connectivity index (χ1n) is 4.94. The summed E-state index contributed by atoms with van der Waals surface area (Å²) in [6.45, 7) is 2.76. The minimum absolute atomic E-state index is 0.0983. The van der Waals surface area contributed by atoms with Crippen LogP contribution < -0.4 is 5.32 Å². The summed E-state index contributed by atoms with van der Waals surface area (Å²) >= 11 is 0.179. The van der Waals surface area contributed by atoms with Crippen LogP contribution in [0.5, 0.6) is 0 Å². The molecule has 0 radical (unpaired) electrons.